The Morgan fingerprint density at radius 2 is 1.85 bits per heavy atom. The monoisotopic (exact) mass is 473 g/mol. The lowest BCUT2D eigenvalue weighted by atomic mass is 10.2. The van der Waals surface area contributed by atoms with Gasteiger partial charge in [0.05, 0.1) is 7.11 Å². The van der Waals surface area contributed by atoms with E-state index in [0.717, 1.165) is 51.4 Å². The highest BCUT2D eigenvalue weighted by atomic mass is 127. The standard InChI is InChI=1S/C19H31N5O.HI/c1-22(16-4-5-16)19(20)21-10-3-11-23-12-14-24(15-13-23)17-6-8-18(25-2)9-7-17;/h6-9,16H,3-5,10-15H2,1-2H3,(H2,20,21);1H. The van der Waals surface area contributed by atoms with Crippen molar-refractivity contribution in [3.8, 4) is 5.75 Å². The number of rotatable bonds is 7. The SMILES string of the molecule is COc1ccc(N2CCN(CCCN=C(N)N(C)C3CC3)CC2)cc1.I. The van der Waals surface area contributed by atoms with Gasteiger partial charge in [0.25, 0.3) is 0 Å². The van der Waals surface area contributed by atoms with E-state index < -0.39 is 0 Å². The summed E-state index contributed by atoms with van der Waals surface area (Å²) in [5, 5.41) is 0. The molecule has 2 aliphatic rings. The molecule has 1 aliphatic heterocycles. The lowest BCUT2D eigenvalue weighted by Crippen LogP contribution is -2.46. The first kappa shape index (κ1) is 21.1. The molecule has 0 unspecified atom stereocenters. The first-order valence-corrected chi connectivity index (χ1v) is 9.31. The fraction of sp³-hybridized carbons (Fsp3) is 0.632. The van der Waals surface area contributed by atoms with Gasteiger partial charge in [-0.3, -0.25) is 9.89 Å². The Morgan fingerprint density at radius 1 is 1.19 bits per heavy atom. The molecule has 0 atom stereocenters. The van der Waals surface area contributed by atoms with Crippen molar-refractivity contribution in [2.24, 2.45) is 10.7 Å². The third kappa shape index (κ3) is 5.90. The summed E-state index contributed by atoms with van der Waals surface area (Å²) in [7, 11) is 3.75. The number of piperazine rings is 1. The normalized spacial score (nSPS) is 18.4. The molecule has 26 heavy (non-hydrogen) atoms. The van der Waals surface area contributed by atoms with Crippen LogP contribution in [0.2, 0.25) is 0 Å². The van der Waals surface area contributed by atoms with E-state index in [9.17, 15) is 0 Å². The summed E-state index contributed by atoms with van der Waals surface area (Å²) in [6, 6.07) is 8.98. The largest absolute Gasteiger partial charge is 0.497 e. The average molecular weight is 473 g/mol. The van der Waals surface area contributed by atoms with E-state index in [-0.39, 0.29) is 24.0 Å². The Hall–Kier alpha value is -1.22. The van der Waals surface area contributed by atoms with Crippen molar-refractivity contribution in [3.05, 3.63) is 24.3 Å². The molecule has 1 aromatic carbocycles. The van der Waals surface area contributed by atoms with Crippen LogP contribution in [0.1, 0.15) is 19.3 Å². The first-order chi connectivity index (χ1) is 12.2. The molecule has 6 nitrogen and oxygen atoms in total. The van der Waals surface area contributed by atoms with Crippen LogP contribution in [0.15, 0.2) is 29.3 Å². The Labute approximate surface area is 174 Å². The smallest absolute Gasteiger partial charge is 0.191 e. The predicted molar refractivity (Wildman–Crippen MR) is 119 cm³/mol. The van der Waals surface area contributed by atoms with E-state index in [1.165, 1.54) is 18.5 Å². The van der Waals surface area contributed by atoms with Crippen LogP contribution in [0.25, 0.3) is 0 Å². The molecule has 0 amide bonds. The Kier molecular flexibility index (Phi) is 8.27. The average Bonchev–Trinajstić information content (AvgIpc) is 3.50. The molecule has 2 fully saturated rings. The molecular weight excluding hydrogens is 441 g/mol. The molecular formula is C19H32IN5O. The molecule has 1 saturated carbocycles. The summed E-state index contributed by atoms with van der Waals surface area (Å²) in [6.07, 6.45) is 3.58. The van der Waals surface area contributed by atoms with Gasteiger partial charge in [-0.15, -0.1) is 24.0 Å². The van der Waals surface area contributed by atoms with E-state index in [1.807, 2.05) is 12.1 Å². The van der Waals surface area contributed by atoms with E-state index >= 15 is 0 Å². The van der Waals surface area contributed by atoms with Gasteiger partial charge >= 0.3 is 0 Å². The molecule has 1 saturated heterocycles. The predicted octanol–water partition coefficient (Wildman–Crippen LogP) is 2.23. The summed E-state index contributed by atoms with van der Waals surface area (Å²) < 4.78 is 5.23. The maximum atomic E-state index is 6.03. The van der Waals surface area contributed by atoms with Gasteiger partial charge in [-0.25, -0.2) is 0 Å². The fourth-order valence-electron chi connectivity index (χ4n) is 3.27. The van der Waals surface area contributed by atoms with Crippen LogP contribution in [0.5, 0.6) is 5.75 Å². The number of guanidine groups is 1. The van der Waals surface area contributed by atoms with Crippen molar-refractivity contribution in [2.45, 2.75) is 25.3 Å². The van der Waals surface area contributed by atoms with Crippen molar-refractivity contribution >= 4 is 35.6 Å². The highest BCUT2D eigenvalue weighted by molar-refractivity contribution is 14.0. The van der Waals surface area contributed by atoms with Gasteiger partial charge in [0, 0.05) is 58.0 Å². The number of halogens is 1. The summed E-state index contributed by atoms with van der Waals surface area (Å²) in [6.45, 7) is 6.27. The number of ether oxygens (including phenoxy) is 1. The number of nitrogens with two attached hydrogens (primary N) is 1. The second-order valence-corrected chi connectivity index (χ2v) is 6.96. The summed E-state index contributed by atoms with van der Waals surface area (Å²) in [5.41, 5.74) is 7.31. The topological polar surface area (TPSA) is 57.3 Å². The number of nitrogens with zero attached hydrogens (tertiary/aromatic N) is 4. The minimum Gasteiger partial charge on any atom is -0.497 e. The summed E-state index contributed by atoms with van der Waals surface area (Å²) in [5.74, 6) is 1.61. The first-order valence-electron chi connectivity index (χ1n) is 9.31. The Morgan fingerprint density at radius 3 is 2.42 bits per heavy atom. The molecule has 3 rings (SSSR count). The van der Waals surface area contributed by atoms with Crippen molar-refractivity contribution < 1.29 is 4.74 Å². The molecule has 1 heterocycles. The number of aliphatic imine (C=N–C) groups is 1. The van der Waals surface area contributed by atoms with Crippen LogP contribution in [-0.4, -0.2) is 75.2 Å². The van der Waals surface area contributed by atoms with Crippen LogP contribution < -0.4 is 15.4 Å². The molecule has 146 valence electrons. The third-order valence-electron chi connectivity index (χ3n) is 5.17. The minimum absolute atomic E-state index is 0. The second-order valence-electron chi connectivity index (χ2n) is 6.96. The Bertz CT molecular complexity index is 568. The molecule has 0 radical (unpaired) electrons. The van der Waals surface area contributed by atoms with Crippen molar-refractivity contribution in [3.63, 3.8) is 0 Å². The lowest BCUT2D eigenvalue weighted by molar-refractivity contribution is 0.256. The van der Waals surface area contributed by atoms with Crippen LogP contribution in [0.4, 0.5) is 5.69 Å². The Balaban J connectivity index is 0.00000243. The number of anilines is 1. The van der Waals surface area contributed by atoms with E-state index in [4.69, 9.17) is 10.5 Å². The zero-order valence-electron chi connectivity index (χ0n) is 15.9. The molecule has 0 bridgehead atoms. The summed E-state index contributed by atoms with van der Waals surface area (Å²) >= 11 is 0. The van der Waals surface area contributed by atoms with Gasteiger partial charge in [0.2, 0.25) is 0 Å². The van der Waals surface area contributed by atoms with Crippen molar-refractivity contribution in [1.82, 2.24) is 9.80 Å². The zero-order valence-corrected chi connectivity index (χ0v) is 18.3. The van der Waals surface area contributed by atoms with Crippen LogP contribution in [-0.2, 0) is 0 Å². The van der Waals surface area contributed by atoms with Gasteiger partial charge in [0.15, 0.2) is 5.96 Å². The highest BCUT2D eigenvalue weighted by Crippen LogP contribution is 2.24. The zero-order chi connectivity index (χ0) is 17.6. The lowest BCUT2D eigenvalue weighted by Gasteiger charge is -2.36. The number of hydrogen-bond donors (Lipinski definition) is 1. The van der Waals surface area contributed by atoms with Crippen LogP contribution in [0.3, 0.4) is 0 Å². The molecule has 1 aromatic rings. The highest BCUT2D eigenvalue weighted by Gasteiger charge is 2.27. The number of methoxy groups -OCH3 is 1. The number of hydrogen-bond acceptors (Lipinski definition) is 4. The van der Waals surface area contributed by atoms with Gasteiger partial charge < -0.3 is 20.3 Å². The molecule has 1 aliphatic carbocycles. The second kappa shape index (κ2) is 10.2. The van der Waals surface area contributed by atoms with E-state index in [2.05, 4.69) is 38.9 Å². The van der Waals surface area contributed by atoms with E-state index in [1.54, 1.807) is 7.11 Å². The van der Waals surface area contributed by atoms with Crippen LogP contribution in [0, 0.1) is 0 Å². The third-order valence-corrected chi connectivity index (χ3v) is 5.17. The molecule has 7 heteroatoms. The van der Waals surface area contributed by atoms with Gasteiger partial charge in [-0.2, -0.15) is 0 Å². The van der Waals surface area contributed by atoms with E-state index in [0.29, 0.717) is 12.0 Å². The molecule has 2 N–H and O–H groups in total. The maximum absolute atomic E-state index is 6.03. The fourth-order valence-corrected chi connectivity index (χ4v) is 3.27. The minimum atomic E-state index is 0. The molecule has 0 spiro atoms. The van der Waals surface area contributed by atoms with Gasteiger partial charge in [-0.05, 0) is 43.5 Å². The molecule has 0 aromatic heterocycles. The van der Waals surface area contributed by atoms with Crippen molar-refractivity contribution in [2.75, 3.05) is 58.3 Å². The summed E-state index contributed by atoms with van der Waals surface area (Å²) in [4.78, 5) is 11.6. The number of benzene rings is 1. The quantitative estimate of drug-likeness (QED) is 0.285. The van der Waals surface area contributed by atoms with Crippen molar-refractivity contribution in [1.29, 1.82) is 0 Å². The van der Waals surface area contributed by atoms with Gasteiger partial charge in [0.1, 0.15) is 5.75 Å². The van der Waals surface area contributed by atoms with Crippen LogP contribution >= 0.6 is 24.0 Å². The van der Waals surface area contributed by atoms with Gasteiger partial charge in [-0.1, -0.05) is 0 Å². The maximum Gasteiger partial charge on any atom is 0.191 e.